The predicted molar refractivity (Wildman–Crippen MR) is 58.1 cm³/mol. The molecule has 2 aromatic rings. The quantitative estimate of drug-likeness (QED) is 0.768. The van der Waals surface area contributed by atoms with Crippen molar-refractivity contribution in [1.82, 2.24) is 15.3 Å². The van der Waals surface area contributed by atoms with Gasteiger partial charge < -0.3 is 10.3 Å². The number of aromatic nitrogens is 2. The van der Waals surface area contributed by atoms with Crippen molar-refractivity contribution in [2.75, 3.05) is 0 Å². The van der Waals surface area contributed by atoms with E-state index in [-0.39, 0.29) is 18.3 Å². The summed E-state index contributed by atoms with van der Waals surface area (Å²) in [7, 11) is 0. The van der Waals surface area contributed by atoms with Crippen molar-refractivity contribution in [3.05, 3.63) is 42.5 Å². The Bertz CT molecular complexity index is 547. The molecule has 5 heteroatoms. The third kappa shape index (κ3) is 2.08. The molecule has 0 saturated carbocycles. The lowest BCUT2D eigenvalue weighted by atomic mass is 10.3. The van der Waals surface area contributed by atoms with Crippen LogP contribution in [0.3, 0.4) is 0 Å². The van der Waals surface area contributed by atoms with E-state index in [0.29, 0.717) is 16.9 Å². The molecule has 0 spiro atoms. The number of nitrogens with zero attached hydrogens (tertiary/aromatic N) is 1. The van der Waals surface area contributed by atoms with Crippen molar-refractivity contribution in [1.29, 1.82) is 0 Å². The largest absolute Gasteiger partial charge is 0.345 e. The van der Waals surface area contributed by atoms with Gasteiger partial charge >= 0.3 is 0 Å². The van der Waals surface area contributed by atoms with Gasteiger partial charge in [0.2, 0.25) is 5.91 Å². The van der Waals surface area contributed by atoms with Gasteiger partial charge in [-0.25, -0.2) is 9.37 Å². The van der Waals surface area contributed by atoms with Crippen LogP contribution in [0.1, 0.15) is 5.82 Å². The molecule has 2 rings (SSSR count). The molecule has 0 bridgehead atoms. The molecule has 16 heavy (non-hydrogen) atoms. The Morgan fingerprint density at radius 2 is 2.44 bits per heavy atom. The van der Waals surface area contributed by atoms with Crippen LogP contribution >= 0.6 is 0 Å². The molecular weight excluding hydrogens is 209 g/mol. The average Bonchev–Trinajstić information content (AvgIpc) is 2.67. The number of H-pyrrole nitrogens is 1. The molecule has 1 aromatic heterocycles. The Hall–Kier alpha value is -2.17. The normalized spacial score (nSPS) is 10.3. The Labute approximate surface area is 91.2 Å². The molecule has 4 nitrogen and oxygen atoms in total. The fraction of sp³-hybridized carbons (Fsp3) is 0.0909. The first kappa shape index (κ1) is 10.4. The minimum Gasteiger partial charge on any atom is -0.345 e. The summed E-state index contributed by atoms with van der Waals surface area (Å²) in [5, 5.41) is 2.58. The van der Waals surface area contributed by atoms with Gasteiger partial charge in [0.15, 0.2) is 0 Å². The van der Waals surface area contributed by atoms with Crippen LogP contribution in [0.25, 0.3) is 11.0 Å². The number of fused-ring (bicyclic) bond motifs is 1. The number of rotatable bonds is 3. The predicted octanol–water partition coefficient (Wildman–Crippen LogP) is 1.50. The van der Waals surface area contributed by atoms with Crippen LogP contribution in [0.2, 0.25) is 0 Å². The van der Waals surface area contributed by atoms with Crippen molar-refractivity contribution in [2.24, 2.45) is 0 Å². The van der Waals surface area contributed by atoms with Crippen molar-refractivity contribution >= 4 is 16.9 Å². The number of amides is 1. The SMILES string of the molecule is C=CC(=O)NCc1nc2ccc(F)cc2[nH]1. The summed E-state index contributed by atoms with van der Waals surface area (Å²) in [6, 6.07) is 4.29. The third-order valence-corrected chi connectivity index (χ3v) is 2.11. The standard InChI is InChI=1S/C11H10FN3O/c1-2-11(16)13-6-10-14-8-4-3-7(12)5-9(8)15-10/h2-5H,1,6H2,(H,13,16)(H,14,15). The maximum Gasteiger partial charge on any atom is 0.243 e. The molecule has 0 aliphatic rings. The number of aromatic amines is 1. The van der Waals surface area contributed by atoms with E-state index in [1.807, 2.05) is 0 Å². The van der Waals surface area contributed by atoms with E-state index in [0.717, 1.165) is 0 Å². The maximum atomic E-state index is 12.9. The topological polar surface area (TPSA) is 57.8 Å². The van der Waals surface area contributed by atoms with Crippen molar-refractivity contribution in [2.45, 2.75) is 6.54 Å². The number of hydrogen-bond acceptors (Lipinski definition) is 2. The second-order valence-electron chi connectivity index (χ2n) is 3.27. The zero-order chi connectivity index (χ0) is 11.5. The minimum absolute atomic E-state index is 0.265. The van der Waals surface area contributed by atoms with Crippen LogP contribution in [0.4, 0.5) is 4.39 Å². The smallest absolute Gasteiger partial charge is 0.243 e. The molecular formula is C11H10FN3O. The van der Waals surface area contributed by atoms with Gasteiger partial charge in [-0.1, -0.05) is 6.58 Å². The molecule has 0 unspecified atom stereocenters. The summed E-state index contributed by atoms with van der Waals surface area (Å²) < 4.78 is 12.9. The van der Waals surface area contributed by atoms with Crippen LogP contribution in [-0.2, 0) is 11.3 Å². The summed E-state index contributed by atoms with van der Waals surface area (Å²) in [5.41, 5.74) is 1.28. The molecule has 1 heterocycles. The van der Waals surface area contributed by atoms with Crippen LogP contribution in [0.5, 0.6) is 0 Å². The lowest BCUT2D eigenvalue weighted by Crippen LogP contribution is -2.20. The van der Waals surface area contributed by atoms with Gasteiger partial charge in [0, 0.05) is 0 Å². The molecule has 0 radical (unpaired) electrons. The van der Waals surface area contributed by atoms with E-state index in [2.05, 4.69) is 21.9 Å². The first-order valence-corrected chi connectivity index (χ1v) is 4.73. The molecule has 82 valence electrons. The van der Waals surface area contributed by atoms with Crippen LogP contribution < -0.4 is 5.32 Å². The molecule has 1 aromatic carbocycles. The number of carbonyl (C=O) groups is 1. The summed E-state index contributed by atoms with van der Waals surface area (Å²) in [4.78, 5) is 18.0. The molecule has 2 N–H and O–H groups in total. The summed E-state index contributed by atoms with van der Waals surface area (Å²) in [5.74, 6) is -0.0136. The number of carbonyl (C=O) groups excluding carboxylic acids is 1. The zero-order valence-corrected chi connectivity index (χ0v) is 8.46. The summed E-state index contributed by atoms with van der Waals surface area (Å²) in [6.45, 7) is 3.60. The minimum atomic E-state index is -0.321. The first-order chi connectivity index (χ1) is 7.69. The summed E-state index contributed by atoms with van der Waals surface area (Å²) in [6.07, 6.45) is 1.18. The van der Waals surface area contributed by atoms with Crippen molar-refractivity contribution < 1.29 is 9.18 Å². The van der Waals surface area contributed by atoms with E-state index >= 15 is 0 Å². The Morgan fingerprint density at radius 3 is 3.19 bits per heavy atom. The Balaban J connectivity index is 2.19. The molecule has 0 fully saturated rings. The molecule has 0 atom stereocenters. The highest BCUT2D eigenvalue weighted by molar-refractivity contribution is 5.86. The fourth-order valence-corrected chi connectivity index (χ4v) is 1.36. The van der Waals surface area contributed by atoms with Gasteiger partial charge in [-0.05, 0) is 24.3 Å². The first-order valence-electron chi connectivity index (χ1n) is 4.73. The van der Waals surface area contributed by atoms with E-state index in [9.17, 15) is 9.18 Å². The second kappa shape index (κ2) is 4.14. The van der Waals surface area contributed by atoms with Crippen molar-refractivity contribution in [3.8, 4) is 0 Å². The highest BCUT2D eigenvalue weighted by Gasteiger charge is 2.04. The monoisotopic (exact) mass is 219 g/mol. The Kier molecular flexibility index (Phi) is 2.68. The number of halogens is 1. The van der Waals surface area contributed by atoms with Gasteiger partial charge in [-0.15, -0.1) is 0 Å². The number of hydrogen-bond donors (Lipinski definition) is 2. The van der Waals surface area contributed by atoms with E-state index in [1.54, 1.807) is 6.07 Å². The van der Waals surface area contributed by atoms with E-state index < -0.39 is 0 Å². The number of benzene rings is 1. The molecule has 0 saturated heterocycles. The maximum absolute atomic E-state index is 12.9. The number of nitrogens with one attached hydrogen (secondary N) is 2. The van der Waals surface area contributed by atoms with E-state index in [4.69, 9.17) is 0 Å². The second-order valence-corrected chi connectivity index (χ2v) is 3.27. The fourth-order valence-electron chi connectivity index (χ4n) is 1.36. The highest BCUT2D eigenvalue weighted by Crippen LogP contribution is 2.12. The molecule has 0 aliphatic carbocycles. The van der Waals surface area contributed by atoms with Crippen LogP contribution in [0.15, 0.2) is 30.9 Å². The lowest BCUT2D eigenvalue weighted by molar-refractivity contribution is -0.116. The molecule has 1 amide bonds. The number of imidazole rings is 1. The van der Waals surface area contributed by atoms with Gasteiger partial charge in [-0.3, -0.25) is 4.79 Å². The molecule has 0 aliphatic heterocycles. The zero-order valence-electron chi connectivity index (χ0n) is 8.46. The Morgan fingerprint density at radius 1 is 1.62 bits per heavy atom. The van der Waals surface area contributed by atoms with Gasteiger partial charge in [0.25, 0.3) is 0 Å². The highest BCUT2D eigenvalue weighted by atomic mass is 19.1. The average molecular weight is 219 g/mol. The van der Waals surface area contributed by atoms with Gasteiger partial charge in [0.05, 0.1) is 17.6 Å². The van der Waals surface area contributed by atoms with Crippen LogP contribution in [0, 0.1) is 5.82 Å². The summed E-state index contributed by atoms with van der Waals surface area (Å²) >= 11 is 0. The van der Waals surface area contributed by atoms with Crippen molar-refractivity contribution in [3.63, 3.8) is 0 Å². The third-order valence-electron chi connectivity index (χ3n) is 2.11. The van der Waals surface area contributed by atoms with Crippen LogP contribution in [-0.4, -0.2) is 15.9 Å². The van der Waals surface area contributed by atoms with E-state index in [1.165, 1.54) is 18.2 Å². The van der Waals surface area contributed by atoms with Gasteiger partial charge in [0.1, 0.15) is 11.6 Å². The van der Waals surface area contributed by atoms with Gasteiger partial charge in [-0.2, -0.15) is 0 Å². The lowest BCUT2D eigenvalue weighted by Gasteiger charge is -1.96.